The Labute approximate surface area is 84.8 Å². The van der Waals surface area contributed by atoms with Gasteiger partial charge in [0, 0.05) is 25.5 Å². The predicted octanol–water partition coefficient (Wildman–Crippen LogP) is -1.21. The molecule has 0 aliphatic carbocycles. The zero-order chi connectivity index (χ0) is 11.0. The highest BCUT2D eigenvalue weighted by molar-refractivity contribution is 5.06. The van der Waals surface area contributed by atoms with Crippen molar-refractivity contribution in [2.75, 3.05) is 0 Å². The molecule has 6 heteroatoms. The second-order valence-corrected chi connectivity index (χ2v) is 3.22. The Kier molecular flexibility index (Phi) is 2.03. The van der Waals surface area contributed by atoms with Crippen molar-refractivity contribution in [2.45, 2.75) is 6.92 Å². The van der Waals surface area contributed by atoms with Gasteiger partial charge in [-0.3, -0.25) is 14.8 Å². The number of aromatic nitrogens is 4. The molecule has 0 aliphatic heterocycles. The minimum atomic E-state index is -0.526. The van der Waals surface area contributed by atoms with Gasteiger partial charge in [0.2, 0.25) is 5.56 Å². The van der Waals surface area contributed by atoms with Gasteiger partial charge in [-0.2, -0.15) is 0 Å². The molecule has 0 bridgehead atoms. The molecule has 0 unspecified atom stereocenters. The van der Waals surface area contributed by atoms with E-state index >= 15 is 0 Å². The van der Waals surface area contributed by atoms with Crippen molar-refractivity contribution in [3.05, 3.63) is 45.1 Å². The quantitative estimate of drug-likeness (QED) is 0.453. The summed E-state index contributed by atoms with van der Waals surface area (Å²) in [6.07, 6.45) is 4.62. The highest BCUT2D eigenvalue weighted by atomic mass is 16.2. The van der Waals surface area contributed by atoms with E-state index in [1.807, 2.05) is 18.5 Å². The number of H-pyrrole nitrogens is 2. The molecule has 0 saturated heterocycles. The van der Waals surface area contributed by atoms with Gasteiger partial charge in [-0.05, 0) is 6.92 Å². The van der Waals surface area contributed by atoms with E-state index in [9.17, 15) is 9.59 Å². The molecule has 0 fully saturated rings. The van der Waals surface area contributed by atoms with Gasteiger partial charge in [-0.1, -0.05) is 0 Å². The maximum atomic E-state index is 11.1. The molecule has 15 heavy (non-hydrogen) atoms. The summed E-state index contributed by atoms with van der Waals surface area (Å²) in [4.78, 5) is 26.8. The van der Waals surface area contributed by atoms with Crippen LogP contribution in [0, 0.1) is 13.1 Å². The fraction of sp³-hybridized carbons (Fsp3) is 0.222. The number of hydrogen-bond acceptors (Lipinski definition) is 2. The molecule has 0 saturated carbocycles. The summed E-state index contributed by atoms with van der Waals surface area (Å²) >= 11 is 0. The number of aromatic amines is 2. The molecule has 2 heterocycles. The van der Waals surface area contributed by atoms with Crippen LogP contribution < -0.4 is 15.8 Å². The minimum absolute atomic E-state index is 0.404. The molecule has 78 valence electrons. The van der Waals surface area contributed by atoms with Crippen molar-refractivity contribution in [1.82, 2.24) is 14.5 Å². The molecule has 0 radical (unpaired) electrons. The van der Waals surface area contributed by atoms with Crippen molar-refractivity contribution < 1.29 is 4.57 Å². The summed E-state index contributed by atoms with van der Waals surface area (Å²) in [6.45, 7) is 1.86. The van der Waals surface area contributed by atoms with Gasteiger partial charge in [0.25, 0.3) is 0 Å². The highest BCUT2D eigenvalue weighted by Gasteiger charge is 2.02. The van der Waals surface area contributed by atoms with Gasteiger partial charge in [0.05, 0.1) is 5.82 Å². The second kappa shape index (κ2) is 3.23. The Morgan fingerprint density at radius 2 is 2.13 bits per heavy atom. The first-order valence-corrected chi connectivity index (χ1v) is 4.37. The number of nitrogens with zero attached hydrogens (tertiary/aromatic N) is 2. The summed E-state index contributed by atoms with van der Waals surface area (Å²) in [5.41, 5.74) is -0.959. The van der Waals surface area contributed by atoms with Crippen molar-refractivity contribution >= 4 is 0 Å². The first kappa shape index (κ1) is 9.45. The van der Waals surface area contributed by atoms with E-state index < -0.39 is 11.2 Å². The standard InChI is InChI=1S/C9H10N4O2/c1-6-12(2)3-4-13(6)7-5-8(14)11-9(15)10-7/h3,5H,1-2H3,(H2,10,11,14,15). The van der Waals surface area contributed by atoms with Crippen LogP contribution in [0.15, 0.2) is 21.9 Å². The zero-order valence-corrected chi connectivity index (χ0v) is 8.37. The van der Waals surface area contributed by atoms with Crippen molar-refractivity contribution in [2.24, 2.45) is 7.05 Å². The molecule has 2 N–H and O–H groups in total. The summed E-state index contributed by atoms with van der Waals surface area (Å²) in [7, 11) is 1.85. The van der Waals surface area contributed by atoms with Crippen LogP contribution in [0.1, 0.15) is 5.82 Å². The summed E-state index contributed by atoms with van der Waals surface area (Å²) in [5, 5.41) is 0. The van der Waals surface area contributed by atoms with Crippen LogP contribution in [0.3, 0.4) is 0 Å². The molecule has 2 aromatic heterocycles. The lowest BCUT2D eigenvalue weighted by atomic mass is 10.5. The summed E-state index contributed by atoms with van der Waals surface area (Å²) in [5.74, 6) is 1.26. The molecular formula is C9H10N4O2. The van der Waals surface area contributed by atoms with Crippen LogP contribution in [0.25, 0.3) is 5.82 Å². The van der Waals surface area contributed by atoms with E-state index in [-0.39, 0.29) is 0 Å². The maximum Gasteiger partial charge on any atom is 0.373 e. The molecule has 2 rings (SSSR count). The lowest BCUT2D eigenvalue weighted by Gasteiger charge is -2.06. The fourth-order valence-electron chi connectivity index (χ4n) is 1.31. The van der Waals surface area contributed by atoms with Gasteiger partial charge in [-0.15, -0.1) is 0 Å². The summed E-state index contributed by atoms with van der Waals surface area (Å²) < 4.78 is 3.44. The normalized spacial score (nSPS) is 10.5. The molecule has 0 aromatic carbocycles. The van der Waals surface area contributed by atoms with E-state index in [4.69, 9.17) is 0 Å². The van der Waals surface area contributed by atoms with Crippen molar-refractivity contribution in [1.29, 1.82) is 0 Å². The topological polar surface area (TPSA) is 74.5 Å². The van der Waals surface area contributed by atoms with Gasteiger partial charge in [0.15, 0.2) is 0 Å². The second-order valence-electron chi connectivity index (χ2n) is 3.22. The molecule has 2 aromatic rings. The molecular weight excluding hydrogens is 196 g/mol. The average Bonchev–Trinajstić information content (AvgIpc) is 2.46. The van der Waals surface area contributed by atoms with Crippen LogP contribution in [-0.4, -0.2) is 14.5 Å². The van der Waals surface area contributed by atoms with E-state index in [1.54, 1.807) is 10.8 Å². The third-order valence-corrected chi connectivity index (χ3v) is 2.20. The average molecular weight is 206 g/mol. The number of hydrogen-bond donors (Lipinski definition) is 2. The van der Waals surface area contributed by atoms with Gasteiger partial charge in [-0.25, -0.2) is 4.79 Å². The number of imidazole rings is 1. The summed E-state index contributed by atoms with van der Waals surface area (Å²) in [6, 6.07) is 1.31. The van der Waals surface area contributed by atoms with Crippen LogP contribution in [-0.2, 0) is 7.05 Å². The van der Waals surface area contributed by atoms with E-state index in [0.29, 0.717) is 5.82 Å². The maximum absolute atomic E-state index is 11.1. The van der Waals surface area contributed by atoms with Crippen molar-refractivity contribution in [3.8, 4) is 5.82 Å². The third-order valence-electron chi connectivity index (χ3n) is 2.20. The van der Waals surface area contributed by atoms with Crippen LogP contribution in [0.4, 0.5) is 0 Å². The van der Waals surface area contributed by atoms with E-state index in [2.05, 4.69) is 16.2 Å². The Morgan fingerprint density at radius 3 is 2.67 bits per heavy atom. The number of aryl methyl sites for hydroxylation is 1. The first-order chi connectivity index (χ1) is 7.08. The van der Waals surface area contributed by atoms with Crippen LogP contribution >= 0.6 is 0 Å². The minimum Gasteiger partial charge on any atom is -0.368 e. The number of nitrogens with one attached hydrogen (secondary N) is 2. The lowest BCUT2D eigenvalue weighted by Crippen LogP contribution is -2.38. The Hall–Kier alpha value is -2.11. The van der Waals surface area contributed by atoms with Gasteiger partial charge in [0.1, 0.15) is 5.82 Å². The molecule has 0 aliphatic rings. The number of rotatable bonds is 1. The molecule has 0 spiro atoms. The molecule has 6 nitrogen and oxygen atoms in total. The van der Waals surface area contributed by atoms with Gasteiger partial charge < -0.3 is 9.13 Å². The van der Waals surface area contributed by atoms with Gasteiger partial charge >= 0.3 is 5.69 Å². The van der Waals surface area contributed by atoms with Crippen LogP contribution in [0.2, 0.25) is 0 Å². The van der Waals surface area contributed by atoms with E-state index in [1.165, 1.54) is 6.07 Å². The monoisotopic (exact) mass is 206 g/mol. The first-order valence-electron chi connectivity index (χ1n) is 4.37. The molecule has 0 amide bonds. The Morgan fingerprint density at radius 1 is 1.40 bits per heavy atom. The predicted molar refractivity (Wildman–Crippen MR) is 51.8 cm³/mol. The Balaban J connectivity index is 2.69. The zero-order valence-electron chi connectivity index (χ0n) is 8.37. The van der Waals surface area contributed by atoms with E-state index in [0.717, 1.165) is 5.82 Å². The SMILES string of the molecule is Cc1n(C)c[c-][n+]1-c1cc(=O)[nH]c(=O)[nH]1. The largest absolute Gasteiger partial charge is 0.373 e. The third kappa shape index (κ3) is 1.61. The fourth-order valence-corrected chi connectivity index (χ4v) is 1.31. The lowest BCUT2D eigenvalue weighted by molar-refractivity contribution is -0.610. The Bertz CT molecular complexity index is 577. The van der Waals surface area contributed by atoms with Crippen LogP contribution in [0.5, 0.6) is 0 Å². The molecule has 0 atom stereocenters. The van der Waals surface area contributed by atoms with Crippen molar-refractivity contribution in [3.63, 3.8) is 0 Å². The highest BCUT2D eigenvalue weighted by Crippen LogP contribution is 1.92. The smallest absolute Gasteiger partial charge is 0.368 e.